The number of aryl methyl sites for hydroxylation is 2. The van der Waals surface area contributed by atoms with E-state index in [-0.39, 0.29) is 6.04 Å². The summed E-state index contributed by atoms with van der Waals surface area (Å²) < 4.78 is 31.1. The average molecular weight is 334 g/mol. The van der Waals surface area contributed by atoms with Gasteiger partial charge in [0.2, 0.25) is 0 Å². The van der Waals surface area contributed by atoms with Crippen LogP contribution in [0.2, 0.25) is 0 Å². The molecule has 1 aliphatic heterocycles. The van der Waals surface area contributed by atoms with Crippen LogP contribution in [0.3, 0.4) is 0 Å². The third kappa shape index (κ3) is 3.63. The van der Waals surface area contributed by atoms with Crippen molar-refractivity contribution < 1.29 is 8.42 Å². The minimum atomic E-state index is -3.46. The van der Waals surface area contributed by atoms with E-state index in [1.807, 2.05) is 54.9 Å². The molecule has 0 amide bonds. The molecule has 0 saturated carbocycles. The van der Waals surface area contributed by atoms with E-state index in [9.17, 15) is 8.42 Å². The third-order valence-electron chi connectivity index (χ3n) is 4.16. The van der Waals surface area contributed by atoms with Gasteiger partial charge in [-0.1, -0.05) is 30.3 Å². The lowest BCUT2D eigenvalue weighted by Gasteiger charge is -2.18. The number of nitrogens with one attached hydrogen (secondary N) is 1. The Labute approximate surface area is 137 Å². The topological polar surface area (TPSA) is 67.2 Å². The Morgan fingerprint density at radius 2 is 2.00 bits per heavy atom. The predicted octanol–water partition coefficient (Wildman–Crippen LogP) is 1.78. The minimum absolute atomic E-state index is 0.108. The Morgan fingerprint density at radius 1 is 1.26 bits per heavy atom. The molecule has 1 aromatic carbocycles. The summed E-state index contributed by atoms with van der Waals surface area (Å²) in [5.41, 5.74) is 2.99. The molecule has 124 valence electrons. The van der Waals surface area contributed by atoms with Crippen LogP contribution in [0.25, 0.3) is 0 Å². The summed E-state index contributed by atoms with van der Waals surface area (Å²) in [7, 11) is -3.46. The van der Waals surface area contributed by atoms with Gasteiger partial charge in [0.05, 0.1) is 11.7 Å². The lowest BCUT2D eigenvalue weighted by atomic mass is 10.2. The van der Waals surface area contributed by atoms with Crippen LogP contribution >= 0.6 is 0 Å². The maximum absolute atomic E-state index is 12.5. The standard InChI is InChI=1S/C16H22N4O2S/c1-13-10-14(2)20(18-13)16-8-9-19(12-16)23(21,22)17-11-15-6-4-3-5-7-15/h3-7,10,16-17H,8-9,11-12H2,1-2H3/t16-/m1/s1. The number of rotatable bonds is 5. The summed E-state index contributed by atoms with van der Waals surface area (Å²) in [6, 6.07) is 11.7. The van der Waals surface area contributed by atoms with Crippen LogP contribution in [0.1, 0.15) is 29.4 Å². The molecule has 7 heteroatoms. The van der Waals surface area contributed by atoms with Gasteiger partial charge in [0, 0.05) is 25.3 Å². The molecule has 1 fully saturated rings. The van der Waals surface area contributed by atoms with Crippen LogP contribution < -0.4 is 4.72 Å². The first kappa shape index (κ1) is 16.2. The van der Waals surface area contributed by atoms with Crippen LogP contribution in [0.5, 0.6) is 0 Å². The van der Waals surface area contributed by atoms with Crippen LogP contribution in [-0.2, 0) is 16.8 Å². The molecule has 0 radical (unpaired) electrons. The van der Waals surface area contributed by atoms with Gasteiger partial charge >= 0.3 is 0 Å². The van der Waals surface area contributed by atoms with E-state index in [0.29, 0.717) is 19.6 Å². The normalized spacial score (nSPS) is 19.3. The maximum atomic E-state index is 12.5. The Hall–Kier alpha value is -1.70. The van der Waals surface area contributed by atoms with Crippen molar-refractivity contribution >= 4 is 10.2 Å². The second-order valence-corrected chi connectivity index (χ2v) is 7.74. The largest absolute Gasteiger partial charge is 0.279 e. The van der Waals surface area contributed by atoms with Gasteiger partial charge in [-0.3, -0.25) is 4.68 Å². The van der Waals surface area contributed by atoms with E-state index in [1.54, 1.807) is 0 Å². The molecule has 0 bridgehead atoms. The Morgan fingerprint density at radius 3 is 2.65 bits per heavy atom. The molecule has 23 heavy (non-hydrogen) atoms. The predicted molar refractivity (Wildman–Crippen MR) is 89.1 cm³/mol. The van der Waals surface area contributed by atoms with Crippen LogP contribution in [0.15, 0.2) is 36.4 Å². The van der Waals surface area contributed by atoms with E-state index in [4.69, 9.17) is 0 Å². The second-order valence-electron chi connectivity index (χ2n) is 5.98. The molecule has 0 spiro atoms. The number of hydrogen-bond donors (Lipinski definition) is 1. The van der Waals surface area contributed by atoms with Crippen molar-refractivity contribution in [2.75, 3.05) is 13.1 Å². The van der Waals surface area contributed by atoms with E-state index >= 15 is 0 Å². The summed E-state index contributed by atoms with van der Waals surface area (Å²) >= 11 is 0. The smallest absolute Gasteiger partial charge is 0.265 e. The van der Waals surface area contributed by atoms with Gasteiger partial charge in [0.1, 0.15) is 0 Å². The molecule has 3 rings (SSSR count). The minimum Gasteiger partial charge on any atom is -0.265 e. The molecular weight excluding hydrogens is 312 g/mol. The molecule has 1 atom stereocenters. The van der Waals surface area contributed by atoms with Crippen molar-refractivity contribution in [2.45, 2.75) is 32.9 Å². The fourth-order valence-corrected chi connectivity index (χ4v) is 4.25. The Kier molecular flexibility index (Phi) is 4.52. The summed E-state index contributed by atoms with van der Waals surface area (Å²) in [5, 5.41) is 4.48. The lowest BCUT2D eigenvalue weighted by molar-refractivity contribution is 0.423. The van der Waals surface area contributed by atoms with Gasteiger partial charge in [0.25, 0.3) is 10.2 Å². The molecule has 2 aromatic rings. The van der Waals surface area contributed by atoms with Gasteiger partial charge in [0.15, 0.2) is 0 Å². The summed E-state index contributed by atoms with van der Waals surface area (Å²) in [4.78, 5) is 0. The molecule has 1 saturated heterocycles. The lowest BCUT2D eigenvalue weighted by Crippen LogP contribution is -2.39. The van der Waals surface area contributed by atoms with Gasteiger partial charge in [-0.25, -0.2) is 0 Å². The Balaban J connectivity index is 1.64. The highest BCUT2D eigenvalue weighted by molar-refractivity contribution is 7.87. The number of hydrogen-bond acceptors (Lipinski definition) is 3. The van der Waals surface area contributed by atoms with Crippen molar-refractivity contribution in [3.63, 3.8) is 0 Å². The van der Waals surface area contributed by atoms with E-state index in [1.165, 1.54) is 4.31 Å². The first-order chi connectivity index (χ1) is 11.0. The van der Waals surface area contributed by atoms with Gasteiger partial charge < -0.3 is 0 Å². The maximum Gasteiger partial charge on any atom is 0.279 e. The van der Waals surface area contributed by atoms with E-state index in [2.05, 4.69) is 9.82 Å². The van der Waals surface area contributed by atoms with Gasteiger partial charge in [-0.2, -0.15) is 22.5 Å². The zero-order chi connectivity index (χ0) is 16.4. The number of benzene rings is 1. The fourth-order valence-electron chi connectivity index (χ4n) is 3.01. The van der Waals surface area contributed by atoms with E-state index < -0.39 is 10.2 Å². The van der Waals surface area contributed by atoms with Crippen LogP contribution in [0, 0.1) is 13.8 Å². The Bertz CT molecular complexity index is 771. The zero-order valence-corrected chi connectivity index (χ0v) is 14.3. The van der Waals surface area contributed by atoms with E-state index in [0.717, 1.165) is 23.4 Å². The summed E-state index contributed by atoms with van der Waals surface area (Å²) in [5.74, 6) is 0. The van der Waals surface area contributed by atoms with Gasteiger partial charge in [-0.15, -0.1) is 0 Å². The van der Waals surface area contributed by atoms with Crippen molar-refractivity contribution in [2.24, 2.45) is 0 Å². The van der Waals surface area contributed by atoms with Crippen molar-refractivity contribution in [3.05, 3.63) is 53.3 Å². The van der Waals surface area contributed by atoms with Gasteiger partial charge in [-0.05, 0) is 31.9 Å². The van der Waals surface area contributed by atoms with Crippen molar-refractivity contribution in [1.82, 2.24) is 18.8 Å². The number of nitrogens with zero attached hydrogens (tertiary/aromatic N) is 3. The molecule has 2 heterocycles. The summed E-state index contributed by atoms with van der Waals surface area (Å²) in [6.07, 6.45) is 0.786. The highest BCUT2D eigenvalue weighted by Crippen LogP contribution is 2.24. The van der Waals surface area contributed by atoms with Crippen molar-refractivity contribution in [1.29, 1.82) is 0 Å². The van der Waals surface area contributed by atoms with Crippen molar-refractivity contribution in [3.8, 4) is 0 Å². The molecule has 0 aliphatic carbocycles. The SMILES string of the molecule is Cc1cc(C)n([C@@H]2CCN(S(=O)(=O)NCc3ccccc3)C2)n1. The number of aromatic nitrogens is 2. The molecule has 1 N–H and O–H groups in total. The second kappa shape index (κ2) is 6.43. The van der Waals surface area contributed by atoms with Crippen LogP contribution in [-0.4, -0.2) is 35.6 Å². The highest BCUT2D eigenvalue weighted by Gasteiger charge is 2.32. The quantitative estimate of drug-likeness (QED) is 0.906. The molecule has 1 aliphatic rings. The molecule has 0 unspecified atom stereocenters. The first-order valence-corrected chi connectivity index (χ1v) is 9.21. The monoisotopic (exact) mass is 334 g/mol. The molecular formula is C16H22N4O2S. The first-order valence-electron chi connectivity index (χ1n) is 7.77. The van der Waals surface area contributed by atoms with Crippen LogP contribution in [0.4, 0.5) is 0 Å². The third-order valence-corrected chi connectivity index (χ3v) is 5.68. The summed E-state index contributed by atoms with van der Waals surface area (Å²) in [6.45, 7) is 5.25. The highest BCUT2D eigenvalue weighted by atomic mass is 32.2. The molecule has 1 aromatic heterocycles. The zero-order valence-electron chi connectivity index (χ0n) is 13.4. The fraction of sp³-hybridized carbons (Fsp3) is 0.438. The molecule has 6 nitrogen and oxygen atoms in total. The average Bonchev–Trinajstić information content (AvgIpc) is 3.13.